The minimum Gasteiger partial charge on any atom is -0.390 e. The first-order valence-corrected chi connectivity index (χ1v) is 8.13. The molecule has 1 aliphatic heterocycles. The summed E-state index contributed by atoms with van der Waals surface area (Å²) in [6.45, 7) is 3.16. The first-order valence-electron chi connectivity index (χ1n) is 6.35. The van der Waals surface area contributed by atoms with E-state index < -0.39 is 5.60 Å². The Morgan fingerprint density at radius 2 is 1.95 bits per heavy atom. The number of piperidine rings is 1. The van der Waals surface area contributed by atoms with Crippen LogP contribution in [0, 0.1) is 0 Å². The normalized spacial score (nSPS) is 18.4. The molecule has 0 atom stereocenters. The molecule has 5 heteroatoms. The van der Waals surface area contributed by atoms with Crippen molar-refractivity contribution in [1.82, 2.24) is 4.90 Å². The highest BCUT2D eigenvalue weighted by atomic mass is 79.9. The average molecular weight is 344 g/mol. The first kappa shape index (κ1) is 14.9. The van der Waals surface area contributed by atoms with Crippen molar-refractivity contribution in [3.8, 4) is 0 Å². The summed E-state index contributed by atoms with van der Waals surface area (Å²) in [5.41, 5.74) is -0.602. The third kappa shape index (κ3) is 4.51. The van der Waals surface area contributed by atoms with Crippen LogP contribution in [0.1, 0.15) is 19.8 Å². The second-order valence-electron chi connectivity index (χ2n) is 5.12. The van der Waals surface area contributed by atoms with Gasteiger partial charge < -0.3 is 10.0 Å². The Labute approximate surface area is 126 Å². The van der Waals surface area contributed by atoms with Gasteiger partial charge in [-0.25, -0.2) is 0 Å². The Bertz CT molecular complexity index is 437. The van der Waals surface area contributed by atoms with E-state index in [1.807, 2.05) is 36.1 Å². The summed E-state index contributed by atoms with van der Waals surface area (Å²) in [5, 5.41) is 9.86. The van der Waals surface area contributed by atoms with Gasteiger partial charge in [0, 0.05) is 22.5 Å². The van der Waals surface area contributed by atoms with E-state index >= 15 is 0 Å². The van der Waals surface area contributed by atoms with E-state index in [-0.39, 0.29) is 5.91 Å². The van der Waals surface area contributed by atoms with Crippen LogP contribution in [0.3, 0.4) is 0 Å². The van der Waals surface area contributed by atoms with Crippen LogP contribution in [0.4, 0.5) is 0 Å². The van der Waals surface area contributed by atoms with Gasteiger partial charge in [-0.2, -0.15) is 0 Å². The molecular formula is C14H18BrNO2S. The molecule has 2 rings (SSSR count). The van der Waals surface area contributed by atoms with Crippen molar-refractivity contribution in [2.75, 3.05) is 18.8 Å². The number of benzene rings is 1. The van der Waals surface area contributed by atoms with E-state index in [9.17, 15) is 9.90 Å². The fourth-order valence-electron chi connectivity index (χ4n) is 2.01. The molecular weight excluding hydrogens is 326 g/mol. The van der Waals surface area contributed by atoms with E-state index in [2.05, 4.69) is 15.9 Å². The highest BCUT2D eigenvalue weighted by molar-refractivity contribution is 9.10. The van der Waals surface area contributed by atoms with Crippen LogP contribution >= 0.6 is 27.7 Å². The molecule has 0 unspecified atom stereocenters. The maximum absolute atomic E-state index is 12.1. The number of carbonyl (C=O) groups excluding carboxylic acids is 1. The number of hydrogen-bond donors (Lipinski definition) is 1. The van der Waals surface area contributed by atoms with Crippen molar-refractivity contribution in [1.29, 1.82) is 0 Å². The van der Waals surface area contributed by atoms with Crippen LogP contribution in [0.25, 0.3) is 0 Å². The van der Waals surface area contributed by atoms with Crippen molar-refractivity contribution in [3.63, 3.8) is 0 Å². The van der Waals surface area contributed by atoms with Crippen LogP contribution in [-0.2, 0) is 4.79 Å². The number of carbonyl (C=O) groups is 1. The van der Waals surface area contributed by atoms with Crippen molar-refractivity contribution < 1.29 is 9.90 Å². The number of amides is 1. The largest absolute Gasteiger partial charge is 0.390 e. The highest BCUT2D eigenvalue weighted by Gasteiger charge is 2.29. The summed E-state index contributed by atoms with van der Waals surface area (Å²) < 4.78 is 1.04. The molecule has 0 bridgehead atoms. The van der Waals surface area contributed by atoms with Crippen LogP contribution in [0.2, 0.25) is 0 Å². The monoisotopic (exact) mass is 343 g/mol. The number of nitrogens with zero attached hydrogens (tertiary/aromatic N) is 1. The van der Waals surface area contributed by atoms with Gasteiger partial charge in [0.05, 0.1) is 11.4 Å². The number of aliphatic hydroxyl groups is 1. The van der Waals surface area contributed by atoms with Gasteiger partial charge in [0.2, 0.25) is 5.91 Å². The van der Waals surface area contributed by atoms with E-state index in [0.717, 1.165) is 9.37 Å². The molecule has 3 nitrogen and oxygen atoms in total. The zero-order chi connectivity index (χ0) is 13.9. The van der Waals surface area contributed by atoms with Crippen LogP contribution < -0.4 is 0 Å². The van der Waals surface area contributed by atoms with Crippen molar-refractivity contribution in [3.05, 3.63) is 28.7 Å². The molecule has 1 aromatic rings. The molecule has 0 radical (unpaired) electrons. The first-order chi connectivity index (χ1) is 8.96. The molecule has 1 heterocycles. The standard InChI is InChI=1S/C14H18BrNO2S/c1-14(18)6-8-16(9-7-14)13(17)10-19-12-4-2-11(15)3-5-12/h2-5,18H,6-10H2,1H3. The molecule has 0 saturated carbocycles. The molecule has 1 aromatic carbocycles. The molecule has 19 heavy (non-hydrogen) atoms. The van der Waals surface area contributed by atoms with Crippen molar-refractivity contribution >= 4 is 33.6 Å². The third-order valence-electron chi connectivity index (χ3n) is 3.37. The maximum Gasteiger partial charge on any atom is 0.232 e. The lowest BCUT2D eigenvalue weighted by Crippen LogP contribution is -2.45. The lowest BCUT2D eigenvalue weighted by atomic mass is 9.94. The number of halogens is 1. The second-order valence-corrected chi connectivity index (χ2v) is 7.08. The minimum absolute atomic E-state index is 0.156. The maximum atomic E-state index is 12.1. The van der Waals surface area contributed by atoms with Gasteiger partial charge in [-0.15, -0.1) is 11.8 Å². The molecule has 1 saturated heterocycles. The zero-order valence-electron chi connectivity index (χ0n) is 10.9. The van der Waals surface area contributed by atoms with E-state index in [4.69, 9.17) is 0 Å². The summed E-state index contributed by atoms with van der Waals surface area (Å²) >= 11 is 4.95. The average Bonchev–Trinajstić information content (AvgIpc) is 2.37. The summed E-state index contributed by atoms with van der Waals surface area (Å²) in [7, 11) is 0. The molecule has 1 fully saturated rings. The number of thioether (sulfide) groups is 1. The number of hydrogen-bond acceptors (Lipinski definition) is 3. The summed E-state index contributed by atoms with van der Waals surface area (Å²) in [5.74, 6) is 0.618. The van der Waals surface area contributed by atoms with E-state index in [1.54, 1.807) is 11.8 Å². The van der Waals surface area contributed by atoms with Crippen LogP contribution in [0.15, 0.2) is 33.6 Å². The molecule has 0 spiro atoms. The lowest BCUT2D eigenvalue weighted by Gasteiger charge is -2.35. The molecule has 0 aliphatic carbocycles. The van der Waals surface area contributed by atoms with Crippen LogP contribution in [0.5, 0.6) is 0 Å². The van der Waals surface area contributed by atoms with Crippen molar-refractivity contribution in [2.24, 2.45) is 0 Å². The minimum atomic E-state index is -0.602. The Kier molecular flexibility index (Phi) is 4.92. The quantitative estimate of drug-likeness (QED) is 0.858. The second kappa shape index (κ2) is 6.29. The van der Waals surface area contributed by atoms with Gasteiger partial charge in [0.25, 0.3) is 0 Å². The van der Waals surface area contributed by atoms with Gasteiger partial charge in [-0.1, -0.05) is 15.9 Å². The summed E-state index contributed by atoms with van der Waals surface area (Å²) in [6.07, 6.45) is 1.34. The summed E-state index contributed by atoms with van der Waals surface area (Å²) in [6, 6.07) is 7.96. The van der Waals surface area contributed by atoms with Crippen molar-refractivity contribution in [2.45, 2.75) is 30.3 Å². The van der Waals surface area contributed by atoms with Gasteiger partial charge in [-0.3, -0.25) is 4.79 Å². The fraction of sp³-hybridized carbons (Fsp3) is 0.500. The number of likely N-dealkylation sites (tertiary alicyclic amines) is 1. The van der Waals surface area contributed by atoms with Gasteiger partial charge in [-0.05, 0) is 44.0 Å². The fourth-order valence-corrected chi connectivity index (χ4v) is 3.07. The SMILES string of the molecule is CC1(O)CCN(C(=O)CSc2ccc(Br)cc2)CC1. The Morgan fingerprint density at radius 1 is 1.37 bits per heavy atom. The predicted octanol–water partition coefficient (Wildman–Crippen LogP) is 2.91. The molecule has 1 N–H and O–H groups in total. The smallest absolute Gasteiger partial charge is 0.232 e. The summed E-state index contributed by atoms with van der Waals surface area (Å²) in [4.78, 5) is 15.0. The highest BCUT2D eigenvalue weighted by Crippen LogP contribution is 2.24. The Balaban J connectivity index is 1.80. The number of rotatable bonds is 3. The van der Waals surface area contributed by atoms with E-state index in [1.165, 1.54) is 0 Å². The predicted molar refractivity (Wildman–Crippen MR) is 81.3 cm³/mol. The third-order valence-corrected chi connectivity index (χ3v) is 4.89. The van der Waals surface area contributed by atoms with Gasteiger partial charge >= 0.3 is 0 Å². The lowest BCUT2D eigenvalue weighted by molar-refractivity contribution is -0.132. The van der Waals surface area contributed by atoms with Crippen LogP contribution in [-0.4, -0.2) is 40.4 Å². The van der Waals surface area contributed by atoms with E-state index in [0.29, 0.717) is 31.7 Å². The van der Waals surface area contributed by atoms with Gasteiger partial charge in [0.15, 0.2) is 0 Å². The topological polar surface area (TPSA) is 40.5 Å². The van der Waals surface area contributed by atoms with Gasteiger partial charge in [0.1, 0.15) is 0 Å². The zero-order valence-corrected chi connectivity index (χ0v) is 13.3. The molecule has 0 aromatic heterocycles. The Morgan fingerprint density at radius 3 is 2.53 bits per heavy atom. The Hall–Kier alpha value is -0.520. The molecule has 1 amide bonds. The molecule has 104 valence electrons. The molecule has 1 aliphatic rings.